The molecule has 1 unspecified atom stereocenters. The van der Waals surface area contributed by atoms with Gasteiger partial charge in [0.05, 0.1) is 0 Å². The summed E-state index contributed by atoms with van der Waals surface area (Å²) in [5, 5.41) is 0. The average Bonchev–Trinajstić information content (AvgIpc) is 2.36. The molecule has 1 aliphatic heterocycles. The predicted molar refractivity (Wildman–Crippen MR) is 50.1 cm³/mol. The van der Waals surface area contributed by atoms with Crippen LogP contribution in [0.2, 0.25) is 0 Å². The smallest absolute Gasteiger partial charge is 0.152 e. The summed E-state index contributed by atoms with van der Waals surface area (Å²) in [6.07, 6.45) is 6.22. The van der Waals surface area contributed by atoms with Gasteiger partial charge in [-0.15, -0.1) is 0 Å². The number of likely N-dealkylation sites (tertiary alicyclic amines) is 1. The highest BCUT2D eigenvalue weighted by molar-refractivity contribution is 5.87. The number of ketones is 1. The summed E-state index contributed by atoms with van der Waals surface area (Å²) in [4.78, 5) is 13.0. The van der Waals surface area contributed by atoms with Crippen molar-refractivity contribution in [3.05, 3.63) is 12.2 Å². The van der Waals surface area contributed by atoms with Gasteiger partial charge in [0.15, 0.2) is 5.78 Å². The molecule has 1 rings (SSSR count). The lowest BCUT2D eigenvalue weighted by atomic mass is 10.2. The number of carbonyl (C=O) groups is 1. The SMILES string of the molecule is CC(=O)/C=C/CN1CCCC1C. The lowest BCUT2D eigenvalue weighted by Gasteiger charge is -2.18. The second kappa shape index (κ2) is 4.41. The van der Waals surface area contributed by atoms with Gasteiger partial charge in [-0.3, -0.25) is 9.69 Å². The topological polar surface area (TPSA) is 20.3 Å². The van der Waals surface area contributed by atoms with E-state index in [4.69, 9.17) is 0 Å². The van der Waals surface area contributed by atoms with Gasteiger partial charge in [0.1, 0.15) is 0 Å². The van der Waals surface area contributed by atoms with Crippen LogP contribution >= 0.6 is 0 Å². The normalized spacial score (nSPS) is 25.3. The molecule has 68 valence electrons. The van der Waals surface area contributed by atoms with Crippen LogP contribution in [-0.4, -0.2) is 29.8 Å². The molecule has 0 aliphatic carbocycles. The molecule has 1 saturated heterocycles. The molecule has 0 spiro atoms. The molecule has 2 heteroatoms. The van der Waals surface area contributed by atoms with Crippen molar-refractivity contribution in [1.29, 1.82) is 0 Å². The van der Waals surface area contributed by atoms with E-state index < -0.39 is 0 Å². The maximum absolute atomic E-state index is 10.6. The Kier molecular flexibility index (Phi) is 3.48. The zero-order valence-corrected chi connectivity index (χ0v) is 7.92. The van der Waals surface area contributed by atoms with Crippen LogP contribution in [0.4, 0.5) is 0 Å². The Labute approximate surface area is 74.2 Å². The first kappa shape index (κ1) is 9.46. The van der Waals surface area contributed by atoms with E-state index in [2.05, 4.69) is 11.8 Å². The number of hydrogen-bond acceptors (Lipinski definition) is 2. The molecule has 12 heavy (non-hydrogen) atoms. The summed E-state index contributed by atoms with van der Waals surface area (Å²) in [5.41, 5.74) is 0. The van der Waals surface area contributed by atoms with Crippen molar-refractivity contribution in [3.63, 3.8) is 0 Å². The first-order valence-electron chi connectivity index (χ1n) is 4.61. The van der Waals surface area contributed by atoms with Crippen molar-refractivity contribution in [2.45, 2.75) is 32.7 Å². The molecule has 0 saturated carbocycles. The summed E-state index contributed by atoms with van der Waals surface area (Å²) in [6.45, 7) is 5.95. The standard InChI is InChI=1S/C10H17NO/c1-9-5-3-7-11(9)8-4-6-10(2)12/h4,6,9H,3,5,7-8H2,1-2H3/b6-4+. The third-order valence-electron chi connectivity index (χ3n) is 2.38. The molecule has 0 aromatic rings. The third kappa shape index (κ3) is 2.78. The number of hydrogen-bond donors (Lipinski definition) is 0. The van der Waals surface area contributed by atoms with Gasteiger partial charge < -0.3 is 0 Å². The predicted octanol–water partition coefficient (Wildman–Crippen LogP) is 1.62. The molecule has 0 bridgehead atoms. The molecular formula is C10H17NO. The molecule has 0 N–H and O–H groups in total. The van der Waals surface area contributed by atoms with Crippen molar-refractivity contribution >= 4 is 5.78 Å². The van der Waals surface area contributed by atoms with E-state index in [1.54, 1.807) is 13.0 Å². The summed E-state index contributed by atoms with van der Waals surface area (Å²) >= 11 is 0. The number of nitrogens with zero attached hydrogens (tertiary/aromatic N) is 1. The van der Waals surface area contributed by atoms with Gasteiger partial charge in [-0.05, 0) is 39.3 Å². The quantitative estimate of drug-likeness (QED) is 0.595. The highest BCUT2D eigenvalue weighted by atomic mass is 16.1. The van der Waals surface area contributed by atoms with Gasteiger partial charge in [-0.2, -0.15) is 0 Å². The maximum Gasteiger partial charge on any atom is 0.152 e. The zero-order valence-electron chi connectivity index (χ0n) is 7.92. The largest absolute Gasteiger partial charge is 0.297 e. The van der Waals surface area contributed by atoms with Gasteiger partial charge in [-0.1, -0.05) is 6.08 Å². The lowest BCUT2D eigenvalue weighted by Crippen LogP contribution is -2.26. The Morgan fingerprint density at radius 1 is 1.67 bits per heavy atom. The molecule has 0 aromatic carbocycles. The van der Waals surface area contributed by atoms with Gasteiger partial charge in [0.2, 0.25) is 0 Å². The van der Waals surface area contributed by atoms with Crippen LogP contribution in [0, 0.1) is 0 Å². The molecular weight excluding hydrogens is 150 g/mol. The minimum atomic E-state index is 0.141. The Balaban J connectivity index is 2.26. The van der Waals surface area contributed by atoms with Crippen molar-refractivity contribution in [3.8, 4) is 0 Å². The van der Waals surface area contributed by atoms with E-state index in [-0.39, 0.29) is 5.78 Å². The van der Waals surface area contributed by atoms with Gasteiger partial charge in [0, 0.05) is 12.6 Å². The fourth-order valence-electron chi connectivity index (χ4n) is 1.62. The van der Waals surface area contributed by atoms with Gasteiger partial charge in [0.25, 0.3) is 0 Å². The van der Waals surface area contributed by atoms with Crippen molar-refractivity contribution in [1.82, 2.24) is 4.90 Å². The van der Waals surface area contributed by atoms with Crippen molar-refractivity contribution in [2.24, 2.45) is 0 Å². The van der Waals surface area contributed by atoms with Crippen LogP contribution in [0.3, 0.4) is 0 Å². The van der Waals surface area contributed by atoms with E-state index in [0.29, 0.717) is 6.04 Å². The van der Waals surface area contributed by atoms with Crippen LogP contribution in [0.1, 0.15) is 26.7 Å². The first-order valence-corrected chi connectivity index (χ1v) is 4.61. The summed E-state index contributed by atoms with van der Waals surface area (Å²) in [7, 11) is 0. The summed E-state index contributed by atoms with van der Waals surface area (Å²) < 4.78 is 0. The molecule has 0 aromatic heterocycles. The van der Waals surface area contributed by atoms with Crippen LogP contribution in [-0.2, 0) is 4.79 Å². The van der Waals surface area contributed by atoms with Crippen molar-refractivity contribution < 1.29 is 4.79 Å². The Bertz CT molecular complexity index is 186. The van der Waals surface area contributed by atoms with E-state index in [1.807, 2.05) is 6.08 Å². The second-order valence-corrected chi connectivity index (χ2v) is 3.50. The maximum atomic E-state index is 10.6. The summed E-state index contributed by atoms with van der Waals surface area (Å²) in [6, 6.07) is 0.696. The number of allylic oxidation sites excluding steroid dienone is 1. The van der Waals surface area contributed by atoms with Crippen LogP contribution in [0.5, 0.6) is 0 Å². The van der Waals surface area contributed by atoms with Crippen LogP contribution < -0.4 is 0 Å². The minimum absolute atomic E-state index is 0.141. The van der Waals surface area contributed by atoms with Crippen molar-refractivity contribution in [2.75, 3.05) is 13.1 Å². The zero-order chi connectivity index (χ0) is 8.97. The fourth-order valence-corrected chi connectivity index (χ4v) is 1.62. The Hall–Kier alpha value is -0.630. The molecule has 1 aliphatic rings. The Morgan fingerprint density at radius 2 is 2.42 bits per heavy atom. The monoisotopic (exact) mass is 167 g/mol. The molecule has 2 nitrogen and oxygen atoms in total. The molecule has 1 heterocycles. The number of rotatable bonds is 3. The summed E-state index contributed by atoms with van der Waals surface area (Å²) in [5.74, 6) is 0.141. The average molecular weight is 167 g/mol. The number of carbonyl (C=O) groups excluding carboxylic acids is 1. The second-order valence-electron chi connectivity index (χ2n) is 3.50. The third-order valence-corrected chi connectivity index (χ3v) is 2.38. The molecule has 0 amide bonds. The first-order chi connectivity index (χ1) is 5.70. The van der Waals surface area contributed by atoms with Crippen LogP contribution in [0.25, 0.3) is 0 Å². The van der Waals surface area contributed by atoms with Gasteiger partial charge >= 0.3 is 0 Å². The highest BCUT2D eigenvalue weighted by Crippen LogP contribution is 2.15. The van der Waals surface area contributed by atoms with Gasteiger partial charge in [-0.25, -0.2) is 0 Å². The molecule has 0 radical (unpaired) electrons. The minimum Gasteiger partial charge on any atom is -0.297 e. The van der Waals surface area contributed by atoms with Crippen LogP contribution in [0.15, 0.2) is 12.2 Å². The fraction of sp³-hybridized carbons (Fsp3) is 0.700. The lowest BCUT2D eigenvalue weighted by molar-refractivity contribution is -0.112. The highest BCUT2D eigenvalue weighted by Gasteiger charge is 2.17. The van der Waals surface area contributed by atoms with E-state index in [1.165, 1.54) is 19.4 Å². The van der Waals surface area contributed by atoms with E-state index in [0.717, 1.165) is 6.54 Å². The molecule has 1 atom stereocenters. The van der Waals surface area contributed by atoms with E-state index in [9.17, 15) is 4.79 Å². The van der Waals surface area contributed by atoms with E-state index >= 15 is 0 Å². The Morgan fingerprint density at radius 3 is 2.92 bits per heavy atom. The molecule has 1 fully saturated rings.